The highest BCUT2D eigenvalue weighted by Crippen LogP contribution is 2.30. The summed E-state index contributed by atoms with van der Waals surface area (Å²) >= 11 is 0. The van der Waals surface area contributed by atoms with Crippen molar-refractivity contribution >= 4 is 22.8 Å². The molecule has 1 fully saturated rings. The Bertz CT molecular complexity index is 925. The van der Waals surface area contributed by atoms with Gasteiger partial charge in [-0.3, -0.25) is 5.10 Å². The van der Waals surface area contributed by atoms with Crippen molar-refractivity contribution in [3.05, 3.63) is 29.5 Å². The fourth-order valence-electron chi connectivity index (χ4n) is 4.05. The molecule has 0 bridgehead atoms. The van der Waals surface area contributed by atoms with Crippen LogP contribution in [0.2, 0.25) is 0 Å². The van der Waals surface area contributed by atoms with Crippen LogP contribution >= 0.6 is 0 Å². The van der Waals surface area contributed by atoms with E-state index in [1.807, 2.05) is 4.90 Å². The summed E-state index contributed by atoms with van der Waals surface area (Å²) in [6.45, 7) is 1.63. The quantitative estimate of drug-likeness (QED) is 0.661. The molecule has 1 aliphatic heterocycles. The van der Waals surface area contributed by atoms with Gasteiger partial charge in [-0.05, 0) is 61.8 Å². The highest BCUT2D eigenvalue weighted by molar-refractivity contribution is 5.93. The summed E-state index contributed by atoms with van der Waals surface area (Å²) in [4.78, 5) is 22.5. The Morgan fingerprint density at radius 2 is 1.88 bits per heavy atom. The number of likely N-dealkylation sites (tertiary alicyclic amines) is 1. The molecule has 134 valence electrons. The Morgan fingerprint density at radius 3 is 2.73 bits per heavy atom. The maximum Gasteiger partial charge on any atom is 0.321 e. The fraction of sp³-hybridized carbons (Fsp3) is 0.421. The van der Waals surface area contributed by atoms with Gasteiger partial charge >= 0.3 is 6.03 Å². The molecule has 3 N–H and O–H groups in total. The Balaban J connectivity index is 1.43. The zero-order chi connectivity index (χ0) is 17.5. The second-order valence-corrected chi connectivity index (χ2v) is 7.21. The SMILES string of the molecule is O=C(Nc1cn[nH]c1-c1nc2cc3c(cc2[nH]1)CCC3)N1CCCCC1. The lowest BCUT2D eigenvalue weighted by atomic mass is 10.1. The number of hydrogen-bond donors (Lipinski definition) is 3. The number of aromatic amines is 2. The molecule has 5 rings (SSSR count). The van der Waals surface area contributed by atoms with E-state index in [2.05, 4.69) is 32.6 Å². The zero-order valence-electron chi connectivity index (χ0n) is 14.6. The standard InChI is InChI=1S/C19H22N6O/c26-19(25-7-2-1-3-8-25)23-16-11-20-24-17(16)18-21-14-9-12-5-4-6-13(12)10-15(14)22-18/h9-11H,1-8H2,(H,20,24)(H,21,22)(H,23,26). The molecule has 2 aliphatic rings. The molecule has 3 aromatic rings. The summed E-state index contributed by atoms with van der Waals surface area (Å²) in [6, 6.07) is 4.32. The van der Waals surface area contributed by atoms with Gasteiger partial charge in [0.2, 0.25) is 0 Å². The Kier molecular flexibility index (Phi) is 3.65. The second kappa shape index (κ2) is 6.16. The molecule has 3 heterocycles. The monoisotopic (exact) mass is 350 g/mol. The lowest BCUT2D eigenvalue weighted by molar-refractivity contribution is 0.200. The number of aromatic nitrogens is 4. The van der Waals surface area contributed by atoms with E-state index in [0.717, 1.165) is 49.8 Å². The van der Waals surface area contributed by atoms with E-state index in [4.69, 9.17) is 4.98 Å². The summed E-state index contributed by atoms with van der Waals surface area (Å²) in [5.41, 5.74) is 6.18. The zero-order valence-corrected chi connectivity index (χ0v) is 14.6. The first-order chi connectivity index (χ1) is 12.8. The van der Waals surface area contributed by atoms with Gasteiger partial charge in [0.25, 0.3) is 0 Å². The van der Waals surface area contributed by atoms with Crippen LogP contribution in [0.5, 0.6) is 0 Å². The molecular weight excluding hydrogens is 328 g/mol. The van der Waals surface area contributed by atoms with Gasteiger partial charge in [-0.2, -0.15) is 5.10 Å². The number of anilines is 1. The van der Waals surface area contributed by atoms with Crippen molar-refractivity contribution in [1.29, 1.82) is 0 Å². The molecule has 1 saturated heterocycles. The van der Waals surface area contributed by atoms with Gasteiger partial charge in [-0.15, -0.1) is 0 Å². The van der Waals surface area contributed by atoms with E-state index >= 15 is 0 Å². The number of nitrogens with zero attached hydrogens (tertiary/aromatic N) is 3. The van der Waals surface area contributed by atoms with Crippen molar-refractivity contribution in [2.24, 2.45) is 0 Å². The molecule has 2 amide bonds. The van der Waals surface area contributed by atoms with E-state index in [-0.39, 0.29) is 6.03 Å². The van der Waals surface area contributed by atoms with Crippen LogP contribution in [0.25, 0.3) is 22.6 Å². The van der Waals surface area contributed by atoms with Crippen LogP contribution in [-0.4, -0.2) is 44.2 Å². The molecule has 0 unspecified atom stereocenters. The van der Waals surface area contributed by atoms with E-state index < -0.39 is 0 Å². The topological polar surface area (TPSA) is 89.7 Å². The number of H-pyrrole nitrogens is 2. The van der Waals surface area contributed by atoms with Crippen molar-refractivity contribution in [2.45, 2.75) is 38.5 Å². The number of carbonyl (C=O) groups is 1. The van der Waals surface area contributed by atoms with Crippen LogP contribution in [-0.2, 0) is 12.8 Å². The van der Waals surface area contributed by atoms with Gasteiger partial charge in [0.1, 0.15) is 5.69 Å². The summed E-state index contributed by atoms with van der Waals surface area (Å²) in [5, 5.41) is 10.1. The van der Waals surface area contributed by atoms with Crippen molar-refractivity contribution < 1.29 is 4.79 Å². The largest absolute Gasteiger partial charge is 0.337 e. The van der Waals surface area contributed by atoms with Crippen LogP contribution in [0.15, 0.2) is 18.3 Å². The average Bonchev–Trinajstić information content (AvgIpc) is 3.38. The second-order valence-electron chi connectivity index (χ2n) is 7.21. The number of fused-ring (bicyclic) bond motifs is 2. The van der Waals surface area contributed by atoms with Crippen LogP contribution in [0.4, 0.5) is 10.5 Å². The van der Waals surface area contributed by atoms with E-state index in [1.54, 1.807) is 6.20 Å². The number of imidazole rings is 1. The third-order valence-electron chi connectivity index (χ3n) is 5.46. The van der Waals surface area contributed by atoms with Crippen molar-refractivity contribution in [3.8, 4) is 11.5 Å². The third kappa shape index (κ3) is 2.64. The van der Waals surface area contributed by atoms with Gasteiger partial charge in [-0.1, -0.05) is 0 Å². The lowest BCUT2D eigenvalue weighted by Crippen LogP contribution is -2.38. The first-order valence-electron chi connectivity index (χ1n) is 9.39. The first kappa shape index (κ1) is 15.4. The predicted octanol–water partition coefficient (Wildman–Crippen LogP) is 3.46. The van der Waals surface area contributed by atoms with Crippen molar-refractivity contribution in [3.63, 3.8) is 0 Å². The number of urea groups is 1. The van der Waals surface area contributed by atoms with Gasteiger partial charge in [0.05, 0.1) is 22.9 Å². The van der Waals surface area contributed by atoms with Gasteiger partial charge in [-0.25, -0.2) is 9.78 Å². The van der Waals surface area contributed by atoms with E-state index in [0.29, 0.717) is 17.2 Å². The highest BCUT2D eigenvalue weighted by atomic mass is 16.2. The third-order valence-corrected chi connectivity index (χ3v) is 5.46. The Hall–Kier alpha value is -2.83. The minimum atomic E-state index is -0.0672. The van der Waals surface area contributed by atoms with Gasteiger partial charge in [0.15, 0.2) is 5.82 Å². The molecule has 26 heavy (non-hydrogen) atoms. The van der Waals surface area contributed by atoms with Crippen molar-refractivity contribution in [2.75, 3.05) is 18.4 Å². The molecular formula is C19H22N6O. The summed E-state index contributed by atoms with van der Waals surface area (Å²) in [6.07, 6.45) is 8.48. The number of aryl methyl sites for hydroxylation is 2. The number of amides is 2. The number of hydrogen-bond acceptors (Lipinski definition) is 3. The normalized spacial score (nSPS) is 16.8. The molecule has 2 aromatic heterocycles. The Labute approximate surface area is 151 Å². The predicted molar refractivity (Wildman–Crippen MR) is 100 cm³/mol. The van der Waals surface area contributed by atoms with Crippen LogP contribution in [0, 0.1) is 0 Å². The molecule has 7 nitrogen and oxygen atoms in total. The maximum absolute atomic E-state index is 12.5. The Morgan fingerprint density at radius 1 is 1.08 bits per heavy atom. The number of carbonyl (C=O) groups excluding carboxylic acids is 1. The number of rotatable bonds is 2. The van der Waals surface area contributed by atoms with Crippen LogP contribution in [0.1, 0.15) is 36.8 Å². The molecule has 1 aromatic carbocycles. The molecule has 1 aliphatic carbocycles. The fourth-order valence-corrected chi connectivity index (χ4v) is 4.05. The lowest BCUT2D eigenvalue weighted by Gasteiger charge is -2.26. The molecule has 0 spiro atoms. The maximum atomic E-state index is 12.5. The summed E-state index contributed by atoms with van der Waals surface area (Å²) in [7, 11) is 0. The van der Waals surface area contributed by atoms with Crippen molar-refractivity contribution in [1.82, 2.24) is 25.1 Å². The molecule has 0 radical (unpaired) electrons. The van der Waals surface area contributed by atoms with E-state index in [1.165, 1.54) is 24.0 Å². The van der Waals surface area contributed by atoms with Crippen LogP contribution < -0.4 is 5.32 Å². The number of piperidine rings is 1. The van der Waals surface area contributed by atoms with Gasteiger partial charge in [0, 0.05) is 13.1 Å². The van der Waals surface area contributed by atoms with Crippen LogP contribution in [0.3, 0.4) is 0 Å². The minimum absolute atomic E-state index is 0.0672. The number of nitrogens with one attached hydrogen (secondary N) is 3. The molecule has 0 saturated carbocycles. The summed E-state index contributed by atoms with van der Waals surface area (Å²) < 4.78 is 0. The van der Waals surface area contributed by atoms with Gasteiger partial charge < -0.3 is 15.2 Å². The number of benzene rings is 1. The smallest absolute Gasteiger partial charge is 0.321 e. The summed E-state index contributed by atoms with van der Waals surface area (Å²) in [5.74, 6) is 0.704. The molecule has 7 heteroatoms. The average molecular weight is 350 g/mol. The highest BCUT2D eigenvalue weighted by Gasteiger charge is 2.20. The minimum Gasteiger partial charge on any atom is -0.337 e. The van der Waals surface area contributed by atoms with E-state index in [9.17, 15) is 4.79 Å². The molecule has 0 atom stereocenters. The first-order valence-corrected chi connectivity index (χ1v) is 9.39.